The zero-order valence-electron chi connectivity index (χ0n) is 16.8. The second-order valence-electron chi connectivity index (χ2n) is 9.40. The molecular weight excluding hydrogens is 362 g/mol. The van der Waals surface area contributed by atoms with Gasteiger partial charge < -0.3 is 4.74 Å². The fourth-order valence-electron chi connectivity index (χ4n) is 6.53. The molecule has 150 valence electrons. The third kappa shape index (κ3) is 3.39. The van der Waals surface area contributed by atoms with Crippen LogP contribution in [-0.2, 0) is 14.3 Å². The van der Waals surface area contributed by atoms with Crippen LogP contribution in [0.4, 0.5) is 0 Å². The number of aromatic nitrogens is 1. The Morgan fingerprint density at radius 1 is 1.07 bits per heavy atom. The van der Waals surface area contributed by atoms with Crippen molar-refractivity contribution in [1.29, 1.82) is 0 Å². The largest absolute Gasteiger partial charge is 0.451 e. The molecule has 4 nitrogen and oxygen atoms in total. The van der Waals surface area contributed by atoms with Gasteiger partial charge >= 0.3 is 5.97 Å². The smallest absolute Gasteiger partial charge is 0.331 e. The molecule has 4 saturated carbocycles. The Morgan fingerprint density at radius 3 is 2.41 bits per heavy atom. The van der Waals surface area contributed by atoms with Crippen molar-refractivity contribution in [3.63, 3.8) is 0 Å². The molecule has 0 radical (unpaired) electrons. The number of para-hydroxylation sites is 1. The molecule has 4 fully saturated rings. The Morgan fingerprint density at radius 2 is 1.72 bits per heavy atom. The zero-order valence-corrected chi connectivity index (χ0v) is 16.8. The summed E-state index contributed by atoms with van der Waals surface area (Å²) in [5.74, 6) is 1.78. The fourth-order valence-corrected chi connectivity index (χ4v) is 6.53. The molecule has 0 spiro atoms. The average Bonchev–Trinajstić information content (AvgIpc) is 2.70. The van der Waals surface area contributed by atoms with E-state index in [1.807, 2.05) is 30.3 Å². The molecule has 2 aromatic rings. The fraction of sp³-hybridized carbons (Fsp3) is 0.480. The van der Waals surface area contributed by atoms with Crippen LogP contribution in [0.3, 0.4) is 0 Å². The van der Waals surface area contributed by atoms with Crippen molar-refractivity contribution in [3.8, 4) is 0 Å². The van der Waals surface area contributed by atoms with Crippen LogP contribution in [0.15, 0.2) is 42.6 Å². The number of nitrogens with zero attached hydrogens (tertiary/aromatic N) is 1. The number of Topliss-reactive ketones (excluding diaryl/α,β-unsaturated/α-hetero) is 1. The summed E-state index contributed by atoms with van der Waals surface area (Å²) in [6.45, 7) is 1.74. The van der Waals surface area contributed by atoms with E-state index < -0.39 is 12.1 Å². The van der Waals surface area contributed by atoms with Crippen LogP contribution in [0.1, 0.15) is 51.0 Å². The molecule has 1 unspecified atom stereocenters. The van der Waals surface area contributed by atoms with E-state index >= 15 is 0 Å². The summed E-state index contributed by atoms with van der Waals surface area (Å²) in [6, 6.07) is 9.73. The quantitative estimate of drug-likeness (QED) is 0.535. The first-order valence-corrected chi connectivity index (χ1v) is 10.8. The van der Waals surface area contributed by atoms with Crippen molar-refractivity contribution >= 4 is 28.7 Å². The summed E-state index contributed by atoms with van der Waals surface area (Å²) < 4.78 is 5.54. The van der Waals surface area contributed by atoms with Crippen molar-refractivity contribution in [1.82, 2.24) is 4.98 Å². The summed E-state index contributed by atoms with van der Waals surface area (Å²) in [7, 11) is 0. The minimum Gasteiger partial charge on any atom is -0.451 e. The number of pyridine rings is 1. The summed E-state index contributed by atoms with van der Waals surface area (Å²) in [4.78, 5) is 30.1. The van der Waals surface area contributed by atoms with Crippen LogP contribution >= 0.6 is 0 Å². The number of carbonyl (C=O) groups is 2. The third-order valence-corrected chi connectivity index (χ3v) is 7.29. The molecule has 1 aromatic carbocycles. The number of fused-ring (bicyclic) bond motifs is 1. The van der Waals surface area contributed by atoms with Crippen LogP contribution in [0.25, 0.3) is 17.0 Å². The van der Waals surface area contributed by atoms with Gasteiger partial charge in [-0.05, 0) is 75.3 Å². The van der Waals surface area contributed by atoms with Gasteiger partial charge in [0.1, 0.15) is 0 Å². The van der Waals surface area contributed by atoms with Crippen LogP contribution in [0.2, 0.25) is 0 Å². The Labute approximate surface area is 171 Å². The minimum absolute atomic E-state index is 0.144. The molecule has 0 aliphatic heterocycles. The number of esters is 1. The van der Waals surface area contributed by atoms with E-state index in [1.165, 1.54) is 25.3 Å². The summed E-state index contributed by atoms with van der Waals surface area (Å²) in [6.07, 6.45) is 11.1. The highest BCUT2D eigenvalue weighted by Crippen LogP contribution is 2.60. The number of ether oxygens (including phenoxy) is 1. The Bertz CT molecular complexity index is 952. The molecule has 0 amide bonds. The first kappa shape index (κ1) is 18.5. The lowest BCUT2D eigenvalue weighted by atomic mass is 9.48. The molecule has 0 N–H and O–H groups in total. The van der Waals surface area contributed by atoms with Gasteiger partial charge in [-0.15, -0.1) is 0 Å². The third-order valence-electron chi connectivity index (χ3n) is 7.29. The molecule has 4 aliphatic carbocycles. The van der Waals surface area contributed by atoms with Crippen LogP contribution in [0.5, 0.6) is 0 Å². The molecule has 1 heterocycles. The lowest BCUT2D eigenvalue weighted by Crippen LogP contribution is -2.52. The number of rotatable bonds is 5. The van der Waals surface area contributed by atoms with Crippen molar-refractivity contribution in [2.24, 2.45) is 23.2 Å². The standard InChI is InChI=1S/C25H27NO3/c1-16(24(28)25-13-17-10-18(14-25)12-19(11-17)15-25)29-22(27)8-7-21-5-2-4-20-6-3-9-26-23(20)21/h2-9,16-19H,10-15H2,1H3/b8-7+. The monoisotopic (exact) mass is 389 g/mol. The van der Waals surface area contributed by atoms with E-state index in [2.05, 4.69) is 4.98 Å². The molecule has 1 aromatic heterocycles. The predicted molar refractivity (Wildman–Crippen MR) is 112 cm³/mol. The molecule has 4 heteroatoms. The van der Waals surface area contributed by atoms with E-state index in [1.54, 1.807) is 19.2 Å². The molecule has 0 saturated heterocycles. The van der Waals surface area contributed by atoms with Gasteiger partial charge in [0.25, 0.3) is 0 Å². The first-order chi connectivity index (χ1) is 14.0. The van der Waals surface area contributed by atoms with Crippen molar-refractivity contribution in [2.45, 2.75) is 51.6 Å². The van der Waals surface area contributed by atoms with Crippen molar-refractivity contribution in [2.75, 3.05) is 0 Å². The zero-order chi connectivity index (χ0) is 20.0. The minimum atomic E-state index is -0.686. The van der Waals surface area contributed by atoms with E-state index in [0.717, 1.165) is 35.7 Å². The summed E-state index contributed by atoms with van der Waals surface area (Å²) >= 11 is 0. The van der Waals surface area contributed by atoms with E-state index in [4.69, 9.17) is 4.74 Å². The number of hydrogen-bond acceptors (Lipinski definition) is 4. The lowest BCUT2D eigenvalue weighted by molar-refractivity contribution is -0.162. The van der Waals surface area contributed by atoms with Crippen LogP contribution < -0.4 is 0 Å². The van der Waals surface area contributed by atoms with Gasteiger partial charge in [-0.2, -0.15) is 0 Å². The van der Waals surface area contributed by atoms with Gasteiger partial charge in [-0.25, -0.2) is 4.79 Å². The first-order valence-electron chi connectivity index (χ1n) is 10.8. The molecule has 4 aliphatic rings. The molecule has 6 rings (SSSR count). The highest BCUT2D eigenvalue weighted by molar-refractivity contribution is 5.95. The normalized spacial score (nSPS) is 31.3. The lowest BCUT2D eigenvalue weighted by Gasteiger charge is -2.56. The van der Waals surface area contributed by atoms with Gasteiger partial charge in [0, 0.05) is 28.6 Å². The van der Waals surface area contributed by atoms with Crippen molar-refractivity contribution in [3.05, 3.63) is 48.2 Å². The summed E-state index contributed by atoms with van der Waals surface area (Å²) in [5.41, 5.74) is 1.47. The van der Waals surface area contributed by atoms with Gasteiger partial charge in [-0.3, -0.25) is 9.78 Å². The summed E-state index contributed by atoms with van der Waals surface area (Å²) in [5, 5.41) is 1.02. The Balaban J connectivity index is 1.27. The number of hydrogen-bond donors (Lipinski definition) is 0. The number of ketones is 1. The van der Waals surface area contributed by atoms with Gasteiger partial charge in [0.2, 0.25) is 0 Å². The molecule has 29 heavy (non-hydrogen) atoms. The number of benzene rings is 1. The van der Waals surface area contributed by atoms with E-state index in [9.17, 15) is 9.59 Å². The van der Waals surface area contributed by atoms with Crippen LogP contribution in [0, 0.1) is 23.2 Å². The highest BCUT2D eigenvalue weighted by atomic mass is 16.5. The number of carbonyl (C=O) groups excluding carboxylic acids is 2. The average molecular weight is 389 g/mol. The second kappa shape index (κ2) is 7.08. The van der Waals surface area contributed by atoms with Gasteiger partial charge in [-0.1, -0.05) is 24.3 Å². The van der Waals surface area contributed by atoms with E-state index in [-0.39, 0.29) is 11.2 Å². The van der Waals surface area contributed by atoms with Crippen LogP contribution in [-0.4, -0.2) is 22.8 Å². The molecule has 4 bridgehead atoms. The topological polar surface area (TPSA) is 56.3 Å². The van der Waals surface area contributed by atoms with E-state index in [0.29, 0.717) is 17.8 Å². The molecular formula is C25H27NO3. The predicted octanol–water partition coefficient (Wildman–Crippen LogP) is 4.97. The highest BCUT2D eigenvalue weighted by Gasteiger charge is 2.55. The Kier molecular flexibility index (Phi) is 4.53. The maximum atomic E-state index is 13.3. The maximum Gasteiger partial charge on any atom is 0.331 e. The maximum absolute atomic E-state index is 13.3. The Hall–Kier alpha value is -2.49. The van der Waals surface area contributed by atoms with Gasteiger partial charge in [0.15, 0.2) is 11.9 Å². The van der Waals surface area contributed by atoms with Crippen molar-refractivity contribution < 1.29 is 14.3 Å². The SMILES string of the molecule is CC(OC(=O)/C=C/c1cccc2cccnc12)C(=O)C12CC3CC(CC(C3)C1)C2. The van der Waals surface area contributed by atoms with Gasteiger partial charge in [0.05, 0.1) is 5.52 Å². The second-order valence-corrected chi connectivity index (χ2v) is 9.40. The molecule has 1 atom stereocenters.